The Labute approximate surface area is 114 Å². The summed E-state index contributed by atoms with van der Waals surface area (Å²) in [5, 5.41) is 16.7. The fourth-order valence-corrected chi connectivity index (χ4v) is 1.68. The van der Waals surface area contributed by atoms with Gasteiger partial charge in [0.25, 0.3) is 0 Å². The molecule has 7 heteroatoms. The second-order valence-electron chi connectivity index (χ2n) is 3.78. The topological polar surface area (TPSA) is 85.5 Å². The normalized spacial score (nSPS) is 10.6. The Balaban J connectivity index is 1.92. The molecule has 2 aromatic rings. The maximum absolute atomic E-state index is 10.3. The molecule has 0 aliphatic rings. The van der Waals surface area contributed by atoms with Crippen molar-refractivity contribution in [2.24, 2.45) is 0 Å². The lowest BCUT2D eigenvalue weighted by Crippen LogP contribution is -2.06. The molecule has 2 rings (SSSR count). The molecule has 0 aliphatic heterocycles. The number of hydrogen-bond donors (Lipinski definition) is 1. The van der Waals surface area contributed by atoms with Crippen LogP contribution in [0.2, 0.25) is 5.02 Å². The molecule has 0 radical (unpaired) electrons. The highest BCUT2D eigenvalue weighted by molar-refractivity contribution is 6.30. The second-order valence-corrected chi connectivity index (χ2v) is 4.22. The van der Waals surface area contributed by atoms with Crippen molar-refractivity contribution in [2.45, 2.75) is 13.0 Å². The van der Waals surface area contributed by atoms with Gasteiger partial charge >= 0.3 is 5.97 Å². The summed E-state index contributed by atoms with van der Waals surface area (Å²) in [4.78, 5) is 10.3. The number of benzene rings is 1. The minimum Gasteiger partial charge on any atom is -0.480 e. The Morgan fingerprint density at radius 3 is 2.89 bits per heavy atom. The van der Waals surface area contributed by atoms with E-state index in [-0.39, 0.29) is 12.5 Å². The average molecular weight is 283 g/mol. The minimum atomic E-state index is -1.04. The molecule has 1 N–H and O–H groups in total. The predicted octanol–water partition coefficient (Wildman–Crippen LogP) is 1.91. The van der Waals surface area contributed by atoms with E-state index in [4.69, 9.17) is 25.9 Å². The second kappa shape index (κ2) is 6.31. The highest BCUT2D eigenvalue weighted by Gasteiger charge is 2.08. The fourth-order valence-electron chi connectivity index (χ4n) is 1.47. The van der Waals surface area contributed by atoms with Crippen LogP contribution in [0.4, 0.5) is 0 Å². The summed E-state index contributed by atoms with van der Waals surface area (Å²) in [7, 11) is 0. The van der Waals surface area contributed by atoms with Crippen LogP contribution < -0.4 is 0 Å². The summed E-state index contributed by atoms with van der Waals surface area (Å²) in [5.41, 5.74) is 0.953. The number of ether oxygens (including phenoxy) is 1. The number of hydrogen-bond acceptors (Lipinski definition) is 5. The zero-order chi connectivity index (χ0) is 13.7. The molecule has 0 fully saturated rings. The van der Waals surface area contributed by atoms with E-state index in [2.05, 4.69) is 10.2 Å². The molecule has 0 saturated carbocycles. The number of carboxylic acid groups (broad SMARTS) is 1. The van der Waals surface area contributed by atoms with Gasteiger partial charge in [-0.05, 0) is 17.7 Å². The van der Waals surface area contributed by atoms with Crippen molar-refractivity contribution in [3.05, 3.63) is 46.6 Å². The monoisotopic (exact) mass is 282 g/mol. The summed E-state index contributed by atoms with van der Waals surface area (Å²) in [6, 6.07) is 7.33. The zero-order valence-corrected chi connectivity index (χ0v) is 10.6. The van der Waals surface area contributed by atoms with Gasteiger partial charge in [-0.15, -0.1) is 10.2 Å². The number of rotatable bonds is 6. The van der Waals surface area contributed by atoms with Crippen LogP contribution >= 0.6 is 11.6 Å². The van der Waals surface area contributed by atoms with Gasteiger partial charge < -0.3 is 14.3 Å². The predicted molar refractivity (Wildman–Crippen MR) is 65.8 cm³/mol. The van der Waals surface area contributed by atoms with Crippen molar-refractivity contribution >= 4 is 17.6 Å². The van der Waals surface area contributed by atoms with Crippen molar-refractivity contribution in [2.75, 3.05) is 6.61 Å². The van der Waals surface area contributed by atoms with E-state index >= 15 is 0 Å². The van der Waals surface area contributed by atoms with Crippen molar-refractivity contribution in [3.8, 4) is 0 Å². The Morgan fingerprint density at radius 1 is 1.37 bits per heavy atom. The Hall–Kier alpha value is -1.92. The van der Waals surface area contributed by atoms with Gasteiger partial charge in [0.15, 0.2) is 0 Å². The summed E-state index contributed by atoms with van der Waals surface area (Å²) in [6.45, 7) is -0.416. The van der Waals surface area contributed by atoms with E-state index in [1.54, 1.807) is 6.07 Å². The third kappa shape index (κ3) is 4.35. The molecular weight excluding hydrogens is 272 g/mol. The van der Waals surface area contributed by atoms with Crippen molar-refractivity contribution in [1.82, 2.24) is 10.2 Å². The van der Waals surface area contributed by atoms with E-state index < -0.39 is 12.6 Å². The average Bonchev–Trinajstić information content (AvgIpc) is 2.76. The van der Waals surface area contributed by atoms with Crippen LogP contribution in [0.5, 0.6) is 0 Å². The first-order valence-electron chi connectivity index (χ1n) is 5.49. The number of aromatic nitrogens is 2. The number of nitrogens with zero attached hydrogens (tertiary/aromatic N) is 2. The first-order chi connectivity index (χ1) is 9.13. The zero-order valence-electron chi connectivity index (χ0n) is 9.88. The number of halogens is 1. The van der Waals surface area contributed by atoms with Crippen molar-refractivity contribution in [1.29, 1.82) is 0 Å². The van der Waals surface area contributed by atoms with Gasteiger partial charge in [0.2, 0.25) is 11.8 Å². The van der Waals surface area contributed by atoms with Crippen LogP contribution in [-0.2, 0) is 22.6 Å². The van der Waals surface area contributed by atoms with Crippen LogP contribution in [0.3, 0.4) is 0 Å². The summed E-state index contributed by atoms with van der Waals surface area (Å²) >= 11 is 5.87. The van der Waals surface area contributed by atoms with Crippen molar-refractivity contribution < 1.29 is 19.1 Å². The van der Waals surface area contributed by atoms with Gasteiger partial charge in [-0.3, -0.25) is 0 Å². The molecule has 1 aromatic carbocycles. The number of carboxylic acids is 1. The van der Waals surface area contributed by atoms with Crippen LogP contribution in [0.1, 0.15) is 17.3 Å². The minimum absolute atomic E-state index is 0.0190. The Morgan fingerprint density at radius 2 is 2.16 bits per heavy atom. The van der Waals surface area contributed by atoms with Crippen LogP contribution in [0.15, 0.2) is 28.7 Å². The van der Waals surface area contributed by atoms with E-state index in [0.717, 1.165) is 5.56 Å². The fraction of sp³-hybridized carbons (Fsp3) is 0.250. The largest absolute Gasteiger partial charge is 0.480 e. The first kappa shape index (κ1) is 13.5. The van der Waals surface area contributed by atoms with Crippen LogP contribution in [0.25, 0.3) is 0 Å². The molecule has 19 heavy (non-hydrogen) atoms. The molecule has 1 aromatic heterocycles. The molecule has 100 valence electrons. The molecule has 0 unspecified atom stereocenters. The molecule has 6 nitrogen and oxygen atoms in total. The van der Waals surface area contributed by atoms with Gasteiger partial charge in [0.1, 0.15) is 13.2 Å². The molecule has 0 aliphatic carbocycles. The molecule has 0 atom stereocenters. The molecule has 0 spiro atoms. The maximum atomic E-state index is 10.3. The van der Waals surface area contributed by atoms with E-state index in [1.807, 2.05) is 18.2 Å². The first-order valence-corrected chi connectivity index (χ1v) is 5.86. The standard InChI is InChI=1S/C12H11ClN2O4/c13-9-3-1-2-8(4-9)5-10-14-15-11(19-10)6-18-7-12(16)17/h1-4H,5-7H2,(H,16,17). The molecule has 0 saturated heterocycles. The smallest absolute Gasteiger partial charge is 0.329 e. The van der Waals surface area contributed by atoms with Crippen LogP contribution in [-0.4, -0.2) is 27.9 Å². The van der Waals surface area contributed by atoms with Gasteiger partial charge in [-0.2, -0.15) is 0 Å². The summed E-state index contributed by atoms with van der Waals surface area (Å²) < 4.78 is 10.2. The third-order valence-electron chi connectivity index (χ3n) is 2.20. The Bertz CT molecular complexity index is 570. The van der Waals surface area contributed by atoms with Crippen molar-refractivity contribution in [3.63, 3.8) is 0 Å². The van der Waals surface area contributed by atoms with E-state index in [9.17, 15) is 4.79 Å². The molecule has 0 amide bonds. The molecule has 1 heterocycles. The van der Waals surface area contributed by atoms with Gasteiger partial charge in [-0.1, -0.05) is 23.7 Å². The molecule has 0 bridgehead atoms. The maximum Gasteiger partial charge on any atom is 0.329 e. The quantitative estimate of drug-likeness (QED) is 0.871. The summed E-state index contributed by atoms with van der Waals surface area (Å²) in [5.74, 6) is -0.367. The highest BCUT2D eigenvalue weighted by Crippen LogP contribution is 2.14. The third-order valence-corrected chi connectivity index (χ3v) is 2.44. The number of aliphatic carboxylic acids is 1. The SMILES string of the molecule is O=C(O)COCc1nnc(Cc2cccc(Cl)c2)o1. The highest BCUT2D eigenvalue weighted by atomic mass is 35.5. The number of carbonyl (C=O) groups is 1. The van der Waals surface area contributed by atoms with Crippen LogP contribution in [0, 0.1) is 0 Å². The lowest BCUT2D eigenvalue weighted by atomic mass is 10.1. The van der Waals surface area contributed by atoms with E-state index in [1.165, 1.54) is 0 Å². The lowest BCUT2D eigenvalue weighted by molar-refractivity contribution is -0.142. The lowest BCUT2D eigenvalue weighted by Gasteiger charge is -1.97. The van der Waals surface area contributed by atoms with Gasteiger partial charge in [-0.25, -0.2) is 4.79 Å². The van der Waals surface area contributed by atoms with Gasteiger partial charge in [0.05, 0.1) is 6.42 Å². The summed E-state index contributed by atoms with van der Waals surface area (Å²) in [6.07, 6.45) is 0.465. The molecular formula is C12H11ClN2O4. The van der Waals surface area contributed by atoms with E-state index in [0.29, 0.717) is 17.3 Å². The van der Waals surface area contributed by atoms with Gasteiger partial charge in [0, 0.05) is 5.02 Å². The Kier molecular flexibility index (Phi) is 4.48.